The van der Waals surface area contributed by atoms with Crippen molar-refractivity contribution in [1.29, 1.82) is 5.26 Å². The van der Waals surface area contributed by atoms with Crippen molar-refractivity contribution in [2.75, 3.05) is 43.6 Å². The van der Waals surface area contributed by atoms with Crippen molar-refractivity contribution in [2.24, 2.45) is 5.10 Å². The molecule has 0 amide bonds. The molecule has 1 aromatic heterocycles. The average molecular weight is 431 g/mol. The van der Waals surface area contributed by atoms with Crippen molar-refractivity contribution in [3.05, 3.63) is 75.8 Å². The lowest BCUT2D eigenvalue weighted by Crippen LogP contribution is -2.44. The predicted octanol–water partition coefficient (Wildman–Crippen LogP) is 2.65. The SMILES string of the molecule is CN1CCN(c2cc(C=NNc3nc(-c4ccccc4)c(C#N)c(=O)[nH]3)ccc2F)CC1. The largest absolute Gasteiger partial charge is 0.367 e. The Morgan fingerprint density at radius 3 is 2.66 bits per heavy atom. The Morgan fingerprint density at radius 1 is 1.19 bits per heavy atom. The number of aromatic amines is 1. The summed E-state index contributed by atoms with van der Waals surface area (Å²) in [6.07, 6.45) is 1.53. The smallest absolute Gasteiger partial charge is 0.270 e. The minimum absolute atomic E-state index is 0.0684. The summed E-state index contributed by atoms with van der Waals surface area (Å²) < 4.78 is 14.4. The summed E-state index contributed by atoms with van der Waals surface area (Å²) in [6, 6.07) is 15.7. The number of H-pyrrole nitrogens is 1. The molecule has 3 aromatic rings. The number of anilines is 2. The fraction of sp³-hybridized carbons (Fsp3) is 0.217. The van der Waals surface area contributed by atoms with E-state index >= 15 is 0 Å². The number of piperazine rings is 1. The Hall–Kier alpha value is -4.03. The first-order valence-corrected chi connectivity index (χ1v) is 10.2. The van der Waals surface area contributed by atoms with E-state index in [1.165, 1.54) is 12.3 Å². The van der Waals surface area contributed by atoms with Crippen LogP contribution in [-0.4, -0.2) is 54.3 Å². The fourth-order valence-electron chi connectivity index (χ4n) is 3.50. The quantitative estimate of drug-likeness (QED) is 0.476. The van der Waals surface area contributed by atoms with Gasteiger partial charge in [-0.2, -0.15) is 10.4 Å². The van der Waals surface area contributed by atoms with Crippen LogP contribution >= 0.6 is 0 Å². The third-order valence-corrected chi connectivity index (χ3v) is 5.28. The maximum atomic E-state index is 14.4. The lowest BCUT2D eigenvalue weighted by atomic mass is 10.1. The summed E-state index contributed by atoms with van der Waals surface area (Å²) in [6.45, 7) is 3.26. The molecule has 9 heteroatoms. The van der Waals surface area contributed by atoms with E-state index in [1.54, 1.807) is 36.4 Å². The number of nitrogens with one attached hydrogen (secondary N) is 2. The summed E-state index contributed by atoms with van der Waals surface area (Å²) in [5.74, 6) is -0.171. The van der Waals surface area contributed by atoms with Crippen LogP contribution in [0.3, 0.4) is 0 Å². The van der Waals surface area contributed by atoms with Gasteiger partial charge in [-0.15, -0.1) is 0 Å². The fourth-order valence-corrected chi connectivity index (χ4v) is 3.50. The van der Waals surface area contributed by atoms with E-state index < -0.39 is 5.56 Å². The summed E-state index contributed by atoms with van der Waals surface area (Å²) in [7, 11) is 2.05. The lowest BCUT2D eigenvalue weighted by molar-refractivity contribution is 0.311. The molecule has 0 aliphatic carbocycles. The van der Waals surface area contributed by atoms with E-state index in [0.717, 1.165) is 26.2 Å². The molecule has 2 aromatic carbocycles. The first-order chi connectivity index (χ1) is 15.5. The molecule has 1 fully saturated rings. The van der Waals surface area contributed by atoms with Crippen molar-refractivity contribution in [1.82, 2.24) is 14.9 Å². The Labute approximate surface area is 184 Å². The number of likely N-dealkylation sites (N-methyl/N-ethyl adjacent to an activating group) is 1. The van der Waals surface area contributed by atoms with E-state index in [-0.39, 0.29) is 23.0 Å². The molecule has 162 valence electrons. The summed E-state index contributed by atoms with van der Waals surface area (Å²) in [5, 5.41) is 13.5. The van der Waals surface area contributed by atoms with Crippen molar-refractivity contribution in [2.45, 2.75) is 0 Å². The van der Waals surface area contributed by atoms with Gasteiger partial charge >= 0.3 is 0 Å². The van der Waals surface area contributed by atoms with Gasteiger partial charge in [0.1, 0.15) is 17.4 Å². The molecular formula is C23H22FN7O. The van der Waals surface area contributed by atoms with Crippen LogP contribution in [0, 0.1) is 17.1 Å². The van der Waals surface area contributed by atoms with Crippen molar-refractivity contribution in [3.8, 4) is 17.3 Å². The summed E-state index contributed by atoms with van der Waals surface area (Å²) >= 11 is 0. The number of aromatic nitrogens is 2. The highest BCUT2D eigenvalue weighted by molar-refractivity contribution is 5.82. The number of rotatable bonds is 5. The molecule has 4 rings (SSSR count). The van der Waals surface area contributed by atoms with Gasteiger partial charge in [0, 0.05) is 31.7 Å². The second-order valence-corrected chi connectivity index (χ2v) is 7.49. The number of hydrogen-bond acceptors (Lipinski definition) is 7. The van der Waals surface area contributed by atoms with Crippen LogP contribution in [0.2, 0.25) is 0 Å². The minimum Gasteiger partial charge on any atom is -0.367 e. The Morgan fingerprint density at radius 2 is 1.94 bits per heavy atom. The van der Waals surface area contributed by atoms with Crippen LogP contribution in [0.1, 0.15) is 11.1 Å². The zero-order valence-corrected chi connectivity index (χ0v) is 17.5. The number of halogens is 1. The second-order valence-electron chi connectivity index (χ2n) is 7.49. The highest BCUT2D eigenvalue weighted by atomic mass is 19.1. The topological polar surface area (TPSA) is 100 Å². The van der Waals surface area contributed by atoms with Crippen molar-refractivity contribution in [3.63, 3.8) is 0 Å². The highest BCUT2D eigenvalue weighted by Crippen LogP contribution is 2.22. The van der Waals surface area contributed by atoms with Crippen LogP contribution < -0.4 is 15.9 Å². The zero-order valence-electron chi connectivity index (χ0n) is 17.5. The molecule has 1 aliphatic heterocycles. The molecule has 8 nitrogen and oxygen atoms in total. The molecule has 0 saturated carbocycles. The van der Waals surface area contributed by atoms with Gasteiger partial charge in [-0.3, -0.25) is 9.78 Å². The van der Waals surface area contributed by atoms with E-state index in [4.69, 9.17) is 0 Å². The number of hydrogen-bond donors (Lipinski definition) is 2. The first-order valence-electron chi connectivity index (χ1n) is 10.2. The van der Waals surface area contributed by atoms with E-state index in [0.29, 0.717) is 16.8 Å². The third kappa shape index (κ3) is 4.66. The van der Waals surface area contributed by atoms with Crippen LogP contribution in [0.5, 0.6) is 0 Å². The van der Waals surface area contributed by atoms with E-state index in [1.807, 2.05) is 24.1 Å². The summed E-state index contributed by atoms with van der Waals surface area (Å²) in [5.41, 5.74) is 4.23. The van der Waals surface area contributed by atoms with Crippen LogP contribution in [0.4, 0.5) is 16.0 Å². The van der Waals surface area contributed by atoms with Gasteiger partial charge in [0.05, 0.1) is 17.6 Å². The number of benzene rings is 2. The molecule has 1 aliphatic rings. The molecule has 0 bridgehead atoms. The molecule has 2 heterocycles. The number of nitriles is 1. The van der Waals surface area contributed by atoms with E-state index in [2.05, 4.69) is 25.4 Å². The number of hydrazone groups is 1. The molecule has 0 spiro atoms. The van der Waals surface area contributed by atoms with Gasteiger partial charge in [0.25, 0.3) is 5.56 Å². The van der Waals surface area contributed by atoms with Gasteiger partial charge in [0.15, 0.2) is 0 Å². The van der Waals surface area contributed by atoms with E-state index in [9.17, 15) is 14.4 Å². The maximum absolute atomic E-state index is 14.4. The van der Waals surface area contributed by atoms with Crippen LogP contribution in [0.25, 0.3) is 11.3 Å². The molecule has 32 heavy (non-hydrogen) atoms. The third-order valence-electron chi connectivity index (χ3n) is 5.28. The second kappa shape index (κ2) is 9.41. The van der Waals surface area contributed by atoms with Crippen molar-refractivity contribution >= 4 is 17.9 Å². The molecule has 0 unspecified atom stereocenters. The Kier molecular flexibility index (Phi) is 6.24. The van der Waals surface area contributed by atoms with Crippen molar-refractivity contribution < 1.29 is 4.39 Å². The normalized spacial score (nSPS) is 14.5. The summed E-state index contributed by atoms with van der Waals surface area (Å²) in [4.78, 5) is 23.4. The van der Waals surface area contributed by atoms with Gasteiger partial charge in [0.2, 0.25) is 5.95 Å². The van der Waals surface area contributed by atoms with Gasteiger partial charge in [-0.25, -0.2) is 14.8 Å². The average Bonchev–Trinajstić information content (AvgIpc) is 2.81. The highest BCUT2D eigenvalue weighted by Gasteiger charge is 2.17. The predicted molar refractivity (Wildman–Crippen MR) is 122 cm³/mol. The number of nitrogens with zero attached hydrogens (tertiary/aromatic N) is 5. The van der Waals surface area contributed by atoms with Crippen LogP contribution in [-0.2, 0) is 0 Å². The molecular weight excluding hydrogens is 409 g/mol. The first kappa shape index (κ1) is 21.2. The standard InChI is InChI=1S/C23H22FN7O/c1-30-9-11-31(12-10-30)20-13-16(7-8-19(20)24)15-26-29-23-27-21(17-5-3-2-4-6-17)18(14-25)22(32)28-23/h2-8,13,15H,9-12H2,1H3,(H2,27,28,29,32). The van der Waals surface area contributed by atoms with Gasteiger partial charge in [-0.1, -0.05) is 36.4 Å². The monoisotopic (exact) mass is 431 g/mol. The molecule has 1 saturated heterocycles. The Bertz CT molecular complexity index is 1230. The Balaban J connectivity index is 1.55. The molecule has 0 radical (unpaired) electrons. The van der Waals surface area contributed by atoms with Gasteiger partial charge < -0.3 is 9.80 Å². The maximum Gasteiger partial charge on any atom is 0.270 e. The van der Waals surface area contributed by atoms with Gasteiger partial charge in [-0.05, 0) is 24.7 Å². The lowest BCUT2D eigenvalue weighted by Gasteiger charge is -2.34. The minimum atomic E-state index is -0.557. The molecule has 0 atom stereocenters. The van der Waals surface area contributed by atoms with Crippen LogP contribution in [0.15, 0.2) is 58.4 Å². The zero-order chi connectivity index (χ0) is 22.5. The molecule has 2 N–H and O–H groups in total.